The fourth-order valence-electron chi connectivity index (χ4n) is 2.25. The van der Waals surface area contributed by atoms with Crippen molar-refractivity contribution in [2.24, 2.45) is 11.8 Å². The summed E-state index contributed by atoms with van der Waals surface area (Å²) in [4.78, 5) is 0. The summed E-state index contributed by atoms with van der Waals surface area (Å²) in [6.45, 7) is 8.79. The normalized spacial score (nSPS) is 32.4. The predicted octanol–water partition coefficient (Wildman–Crippen LogP) is 3.78. The molecule has 0 N–H and O–H groups in total. The Bertz CT molecular complexity index is 121. The molecule has 1 rings (SSSR count). The zero-order valence-electron chi connectivity index (χ0n) is 7.90. The SMILES string of the molecule is C=C1C(CC)CCCC1CC. The second-order valence-electron chi connectivity index (χ2n) is 3.72. The topological polar surface area (TPSA) is 0 Å². The largest absolute Gasteiger partial charge is 0.0993 e. The zero-order chi connectivity index (χ0) is 8.27. The van der Waals surface area contributed by atoms with Crippen LogP contribution in [-0.4, -0.2) is 0 Å². The van der Waals surface area contributed by atoms with Gasteiger partial charge in [-0.1, -0.05) is 32.4 Å². The number of allylic oxidation sites excluding steroid dienone is 1. The van der Waals surface area contributed by atoms with Gasteiger partial charge < -0.3 is 0 Å². The summed E-state index contributed by atoms with van der Waals surface area (Å²) < 4.78 is 0. The molecule has 0 heteroatoms. The second kappa shape index (κ2) is 3.94. The Kier molecular flexibility index (Phi) is 3.16. The van der Waals surface area contributed by atoms with E-state index in [0.29, 0.717) is 0 Å². The third-order valence-electron chi connectivity index (χ3n) is 3.14. The van der Waals surface area contributed by atoms with Crippen LogP contribution in [0.15, 0.2) is 12.2 Å². The van der Waals surface area contributed by atoms with Gasteiger partial charge in [-0.15, -0.1) is 0 Å². The van der Waals surface area contributed by atoms with E-state index in [0.717, 1.165) is 11.8 Å². The molecule has 0 bridgehead atoms. The van der Waals surface area contributed by atoms with Crippen molar-refractivity contribution < 1.29 is 0 Å². The summed E-state index contributed by atoms with van der Waals surface area (Å²) in [7, 11) is 0. The fourth-order valence-corrected chi connectivity index (χ4v) is 2.25. The third kappa shape index (κ3) is 1.85. The minimum atomic E-state index is 0.841. The van der Waals surface area contributed by atoms with Crippen LogP contribution in [0.1, 0.15) is 46.0 Å². The van der Waals surface area contributed by atoms with Gasteiger partial charge in [-0.25, -0.2) is 0 Å². The first-order valence-corrected chi connectivity index (χ1v) is 4.98. The summed E-state index contributed by atoms with van der Waals surface area (Å²) in [6, 6.07) is 0. The van der Waals surface area contributed by atoms with E-state index in [4.69, 9.17) is 0 Å². The van der Waals surface area contributed by atoms with Crippen molar-refractivity contribution in [1.82, 2.24) is 0 Å². The van der Waals surface area contributed by atoms with Crippen LogP contribution in [-0.2, 0) is 0 Å². The lowest BCUT2D eigenvalue weighted by atomic mass is 9.75. The summed E-state index contributed by atoms with van der Waals surface area (Å²) in [5.74, 6) is 1.68. The molecule has 0 heterocycles. The molecular weight excluding hydrogens is 132 g/mol. The van der Waals surface area contributed by atoms with Crippen molar-refractivity contribution in [3.05, 3.63) is 12.2 Å². The van der Waals surface area contributed by atoms with Gasteiger partial charge in [0, 0.05) is 0 Å². The molecule has 64 valence electrons. The Morgan fingerprint density at radius 2 is 1.64 bits per heavy atom. The van der Waals surface area contributed by atoms with E-state index in [1.807, 2.05) is 0 Å². The van der Waals surface area contributed by atoms with E-state index in [1.165, 1.54) is 32.1 Å². The van der Waals surface area contributed by atoms with E-state index in [2.05, 4.69) is 20.4 Å². The van der Waals surface area contributed by atoms with Gasteiger partial charge in [0.2, 0.25) is 0 Å². The molecule has 0 saturated heterocycles. The highest BCUT2D eigenvalue weighted by molar-refractivity contribution is 5.07. The second-order valence-corrected chi connectivity index (χ2v) is 3.72. The maximum Gasteiger partial charge on any atom is -0.0206 e. The third-order valence-corrected chi connectivity index (χ3v) is 3.14. The smallest absolute Gasteiger partial charge is 0.0206 e. The van der Waals surface area contributed by atoms with Gasteiger partial charge in [0.1, 0.15) is 0 Å². The summed E-state index contributed by atoms with van der Waals surface area (Å²) in [6.07, 6.45) is 6.82. The van der Waals surface area contributed by atoms with Gasteiger partial charge in [-0.3, -0.25) is 0 Å². The highest BCUT2D eigenvalue weighted by Crippen LogP contribution is 2.36. The molecule has 0 amide bonds. The highest BCUT2D eigenvalue weighted by Gasteiger charge is 2.22. The Labute approximate surface area is 70.7 Å². The molecule has 1 saturated carbocycles. The van der Waals surface area contributed by atoms with E-state index in [-0.39, 0.29) is 0 Å². The lowest BCUT2D eigenvalue weighted by Crippen LogP contribution is -2.17. The van der Waals surface area contributed by atoms with Gasteiger partial charge in [-0.05, 0) is 37.5 Å². The average Bonchev–Trinajstić information content (AvgIpc) is 2.05. The van der Waals surface area contributed by atoms with Crippen molar-refractivity contribution in [3.8, 4) is 0 Å². The molecule has 0 aromatic carbocycles. The van der Waals surface area contributed by atoms with Gasteiger partial charge in [-0.2, -0.15) is 0 Å². The minimum Gasteiger partial charge on any atom is -0.0993 e. The lowest BCUT2D eigenvalue weighted by molar-refractivity contribution is 0.354. The predicted molar refractivity (Wildman–Crippen MR) is 50.6 cm³/mol. The van der Waals surface area contributed by atoms with Gasteiger partial charge in [0.25, 0.3) is 0 Å². The van der Waals surface area contributed by atoms with Crippen LogP contribution in [0, 0.1) is 11.8 Å². The van der Waals surface area contributed by atoms with Crippen molar-refractivity contribution in [3.63, 3.8) is 0 Å². The van der Waals surface area contributed by atoms with Gasteiger partial charge in [0.15, 0.2) is 0 Å². The van der Waals surface area contributed by atoms with Crippen LogP contribution in [0.4, 0.5) is 0 Å². The molecule has 0 aromatic heterocycles. The Balaban J connectivity index is 2.52. The standard InChI is InChI=1S/C11H20/c1-4-10-7-6-8-11(5-2)9(10)3/h10-11H,3-8H2,1-2H3. The zero-order valence-corrected chi connectivity index (χ0v) is 7.90. The molecule has 0 spiro atoms. The molecule has 1 aliphatic carbocycles. The van der Waals surface area contributed by atoms with Crippen molar-refractivity contribution in [2.75, 3.05) is 0 Å². The molecular formula is C11H20. The first kappa shape index (κ1) is 8.83. The van der Waals surface area contributed by atoms with Crippen LogP contribution in [0.3, 0.4) is 0 Å². The van der Waals surface area contributed by atoms with Crippen LogP contribution in [0.5, 0.6) is 0 Å². The molecule has 1 fully saturated rings. The molecule has 2 atom stereocenters. The first-order valence-electron chi connectivity index (χ1n) is 4.98. The average molecular weight is 152 g/mol. The molecule has 0 radical (unpaired) electrons. The molecule has 0 aromatic rings. The van der Waals surface area contributed by atoms with Gasteiger partial charge in [0.05, 0.1) is 0 Å². The van der Waals surface area contributed by atoms with Crippen LogP contribution in [0.2, 0.25) is 0 Å². The van der Waals surface area contributed by atoms with Gasteiger partial charge >= 0.3 is 0 Å². The van der Waals surface area contributed by atoms with Crippen LogP contribution >= 0.6 is 0 Å². The van der Waals surface area contributed by atoms with E-state index >= 15 is 0 Å². The van der Waals surface area contributed by atoms with Crippen LogP contribution < -0.4 is 0 Å². The van der Waals surface area contributed by atoms with E-state index < -0.39 is 0 Å². The van der Waals surface area contributed by atoms with Crippen molar-refractivity contribution in [1.29, 1.82) is 0 Å². The summed E-state index contributed by atoms with van der Waals surface area (Å²) in [5.41, 5.74) is 1.54. The lowest BCUT2D eigenvalue weighted by Gasteiger charge is -2.30. The number of rotatable bonds is 2. The molecule has 2 unspecified atom stereocenters. The fraction of sp³-hybridized carbons (Fsp3) is 0.818. The Morgan fingerprint density at radius 1 is 1.18 bits per heavy atom. The first-order chi connectivity index (χ1) is 5.29. The molecule has 1 aliphatic rings. The minimum absolute atomic E-state index is 0.841. The van der Waals surface area contributed by atoms with E-state index in [9.17, 15) is 0 Å². The molecule has 11 heavy (non-hydrogen) atoms. The van der Waals surface area contributed by atoms with Crippen molar-refractivity contribution in [2.45, 2.75) is 46.0 Å². The Hall–Kier alpha value is -0.260. The summed E-state index contributed by atoms with van der Waals surface area (Å²) in [5, 5.41) is 0. The maximum atomic E-state index is 4.22. The number of hydrogen-bond donors (Lipinski definition) is 0. The maximum absolute atomic E-state index is 4.22. The Morgan fingerprint density at radius 3 is 2.00 bits per heavy atom. The molecule has 0 nitrogen and oxygen atoms in total. The summed E-state index contributed by atoms with van der Waals surface area (Å²) >= 11 is 0. The van der Waals surface area contributed by atoms with E-state index in [1.54, 1.807) is 5.57 Å². The van der Waals surface area contributed by atoms with Crippen molar-refractivity contribution >= 4 is 0 Å². The monoisotopic (exact) mass is 152 g/mol. The quantitative estimate of drug-likeness (QED) is 0.528. The molecule has 0 aliphatic heterocycles. The highest BCUT2D eigenvalue weighted by atomic mass is 14.3. The number of hydrogen-bond acceptors (Lipinski definition) is 0. The van der Waals surface area contributed by atoms with Crippen LogP contribution in [0.25, 0.3) is 0 Å².